The summed E-state index contributed by atoms with van der Waals surface area (Å²) in [6.07, 6.45) is 8.05. The van der Waals surface area contributed by atoms with Gasteiger partial charge in [-0.1, -0.05) is 46.5 Å². The molecule has 4 heteroatoms. The third-order valence-corrected chi connectivity index (χ3v) is 7.39. The Bertz CT molecular complexity index is 749. The van der Waals surface area contributed by atoms with Crippen LogP contribution in [0.3, 0.4) is 0 Å². The van der Waals surface area contributed by atoms with Crippen molar-refractivity contribution >= 4 is 5.97 Å². The van der Waals surface area contributed by atoms with Gasteiger partial charge in [-0.15, -0.1) is 0 Å². The van der Waals surface area contributed by atoms with E-state index in [0.717, 1.165) is 29.7 Å². The van der Waals surface area contributed by atoms with Gasteiger partial charge < -0.3 is 14.9 Å². The van der Waals surface area contributed by atoms with Gasteiger partial charge in [-0.2, -0.15) is 0 Å². The van der Waals surface area contributed by atoms with E-state index in [1.807, 2.05) is 6.07 Å². The fourth-order valence-electron chi connectivity index (χ4n) is 5.50. The Kier molecular flexibility index (Phi) is 6.21. The van der Waals surface area contributed by atoms with Crippen molar-refractivity contribution in [1.29, 1.82) is 0 Å². The predicted octanol–water partition coefficient (Wildman–Crippen LogP) is 6.40. The van der Waals surface area contributed by atoms with Gasteiger partial charge in [0.05, 0.1) is 5.92 Å². The van der Waals surface area contributed by atoms with E-state index in [2.05, 4.69) is 40.7 Å². The highest BCUT2D eigenvalue weighted by atomic mass is 16.5. The first-order valence-corrected chi connectivity index (χ1v) is 11.4. The molecular formula is C25H38O4. The molecule has 4 nitrogen and oxygen atoms in total. The van der Waals surface area contributed by atoms with Crippen molar-refractivity contribution in [2.75, 3.05) is 0 Å². The first-order chi connectivity index (χ1) is 13.6. The maximum atomic E-state index is 11.6. The normalized spacial score (nSPS) is 25.6. The van der Waals surface area contributed by atoms with Crippen molar-refractivity contribution in [3.05, 3.63) is 23.3 Å². The minimum absolute atomic E-state index is 0.0327. The first kappa shape index (κ1) is 22.0. The predicted molar refractivity (Wildman–Crippen MR) is 116 cm³/mol. The second-order valence-corrected chi connectivity index (χ2v) is 10.4. The quantitative estimate of drug-likeness (QED) is 0.518. The van der Waals surface area contributed by atoms with Crippen LogP contribution in [0.4, 0.5) is 0 Å². The average molecular weight is 403 g/mol. The van der Waals surface area contributed by atoms with E-state index in [1.54, 1.807) is 0 Å². The van der Waals surface area contributed by atoms with Crippen LogP contribution in [0.5, 0.6) is 11.5 Å². The zero-order valence-corrected chi connectivity index (χ0v) is 18.8. The fourth-order valence-corrected chi connectivity index (χ4v) is 5.50. The molecule has 3 atom stereocenters. The van der Waals surface area contributed by atoms with Crippen molar-refractivity contribution in [2.24, 2.45) is 11.8 Å². The average Bonchev–Trinajstić information content (AvgIpc) is 2.64. The van der Waals surface area contributed by atoms with Gasteiger partial charge in [-0.25, -0.2) is 0 Å². The lowest BCUT2D eigenvalue weighted by Crippen LogP contribution is -2.47. The van der Waals surface area contributed by atoms with Crippen LogP contribution in [0.15, 0.2) is 12.1 Å². The second-order valence-electron chi connectivity index (χ2n) is 10.4. The molecule has 0 aromatic heterocycles. The summed E-state index contributed by atoms with van der Waals surface area (Å²) in [7, 11) is 0. The molecule has 0 unspecified atom stereocenters. The molecule has 162 valence electrons. The molecule has 0 amide bonds. The number of phenols is 1. The van der Waals surface area contributed by atoms with E-state index in [-0.39, 0.29) is 34.5 Å². The lowest BCUT2D eigenvalue weighted by molar-refractivity contribution is -0.144. The SMILES string of the molecule is CCCCCCC(C)(C)c1cc(O)c2c(c1)OC(C)(C)[C@@H]1CC[C@@H](C(=O)O)C[C@@H]21. The van der Waals surface area contributed by atoms with Crippen LogP contribution in [-0.2, 0) is 10.2 Å². The molecule has 1 aromatic carbocycles. The molecule has 0 saturated heterocycles. The number of fused-ring (bicyclic) bond motifs is 3. The number of aromatic hydroxyl groups is 1. The van der Waals surface area contributed by atoms with Crippen molar-refractivity contribution in [1.82, 2.24) is 0 Å². The van der Waals surface area contributed by atoms with Crippen LogP contribution in [0, 0.1) is 11.8 Å². The van der Waals surface area contributed by atoms with Crippen LogP contribution in [-0.4, -0.2) is 21.8 Å². The van der Waals surface area contributed by atoms with E-state index >= 15 is 0 Å². The van der Waals surface area contributed by atoms with Gasteiger partial charge in [0.15, 0.2) is 0 Å². The molecule has 2 aliphatic rings. The van der Waals surface area contributed by atoms with Crippen molar-refractivity contribution in [3.8, 4) is 11.5 Å². The van der Waals surface area contributed by atoms with Crippen LogP contribution in [0.2, 0.25) is 0 Å². The molecule has 2 N–H and O–H groups in total. The third-order valence-electron chi connectivity index (χ3n) is 7.39. The minimum atomic E-state index is -0.723. The number of hydrogen-bond donors (Lipinski definition) is 2. The summed E-state index contributed by atoms with van der Waals surface area (Å²) in [6.45, 7) is 10.9. The van der Waals surface area contributed by atoms with Gasteiger partial charge in [0.25, 0.3) is 0 Å². The summed E-state index contributed by atoms with van der Waals surface area (Å²) in [5.74, 6) is 0.218. The Morgan fingerprint density at radius 3 is 2.59 bits per heavy atom. The van der Waals surface area contributed by atoms with Crippen LogP contribution in [0.1, 0.15) is 103 Å². The number of phenolic OH excluding ortho intramolecular Hbond substituents is 1. The molecule has 0 spiro atoms. The number of carboxylic acid groups (broad SMARTS) is 1. The van der Waals surface area contributed by atoms with Crippen molar-refractivity contribution in [2.45, 2.75) is 103 Å². The molecule has 3 rings (SSSR count). The minimum Gasteiger partial charge on any atom is -0.508 e. The molecule has 1 fully saturated rings. The molecule has 29 heavy (non-hydrogen) atoms. The smallest absolute Gasteiger partial charge is 0.306 e. The monoisotopic (exact) mass is 402 g/mol. The summed E-state index contributed by atoms with van der Waals surface area (Å²) >= 11 is 0. The molecule has 1 aliphatic carbocycles. The molecule has 1 saturated carbocycles. The number of unbranched alkanes of at least 4 members (excludes halogenated alkanes) is 3. The second kappa shape index (κ2) is 8.20. The van der Waals surface area contributed by atoms with Gasteiger partial charge in [-0.05, 0) is 68.6 Å². The molecule has 1 aromatic rings. The highest BCUT2D eigenvalue weighted by Crippen LogP contribution is 2.56. The Balaban J connectivity index is 1.93. The van der Waals surface area contributed by atoms with Crippen LogP contribution in [0.25, 0.3) is 0 Å². The van der Waals surface area contributed by atoms with Gasteiger partial charge in [0.1, 0.15) is 17.1 Å². The summed E-state index contributed by atoms with van der Waals surface area (Å²) in [5, 5.41) is 20.6. The molecule has 0 radical (unpaired) electrons. The number of rotatable bonds is 7. The number of carbonyl (C=O) groups is 1. The number of ether oxygens (including phenoxy) is 1. The Hall–Kier alpha value is -1.71. The van der Waals surface area contributed by atoms with Crippen LogP contribution >= 0.6 is 0 Å². The largest absolute Gasteiger partial charge is 0.508 e. The molecular weight excluding hydrogens is 364 g/mol. The molecule has 1 aliphatic heterocycles. The maximum absolute atomic E-state index is 11.6. The number of carboxylic acids is 1. The topological polar surface area (TPSA) is 66.8 Å². The zero-order valence-electron chi connectivity index (χ0n) is 18.8. The molecule has 0 bridgehead atoms. The number of hydrogen-bond acceptors (Lipinski definition) is 3. The van der Waals surface area contributed by atoms with Gasteiger partial charge in [0, 0.05) is 11.5 Å². The highest BCUT2D eigenvalue weighted by molar-refractivity contribution is 5.70. The Labute approximate surface area is 175 Å². The summed E-state index contributed by atoms with van der Waals surface area (Å²) in [5.41, 5.74) is 1.52. The lowest BCUT2D eigenvalue weighted by Gasteiger charge is -2.49. The fraction of sp³-hybridized carbons (Fsp3) is 0.720. The highest BCUT2D eigenvalue weighted by Gasteiger charge is 2.49. The van der Waals surface area contributed by atoms with E-state index in [0.29, 0.717) is 12.8 Å². The van der Waals surface area contributed by atoms with E-state index in [1.165, 1.54) is 25.7 Å². The summed E-state index contributed by atoms with van der Waals surface area (Å²) in [6, 6.07) is 4.01. The summed E-state index contributed by atoms with van der Waals surface area (Å²) in [4.78, 5) is 11.6. The number of aliphatic carboxylic acids is 1. The first-order valence-electron chi connectivity index (χ1n) is 11.4. The van der Waals surface area contributed by atoms with Crippen LogP contribution < -0.4 is 4.74 Å². The number of benzene rings is 1. The Morgan fingerprint density at radius 1 is 1.21 bits per heavy atom. The lowest BCUT2D eigenvalue weighted by atomic mass is 9.63. The van der Waals surface area contributed by atoms with E-state index in [4.69, 9.17) is 4.74 Å². The van der Waals surface area contributed by atoms with Crippen molar-refractivity contribution < 1.29 is 19.7 Å². The summed E-state index contributed by atoms with van der Waals surface area (Å²) < 4.78 is 6.44. The van der Waals surface area contributed by atoms with Gasteiger partial charge in [0.2, 0.25) is 0 Å². The van der Waals surface area contributed by atoms with Crippen molar-refractivity contribution in [3.63, 3.8) is 0 Å². The van der Waals surface area contributed by atoms with Gasteiger partial charge in [-0.3, -0.25) is 4.79 Å². The standard InChI is InChI=1S/C25H38O4/c1-6-7-8-9-12-24(2,3)17-14-20(26)22-18-13-16(23(27)28)10-11-19(18)25(4,5)29-21(22)15-17/h14-16,18-19,26H,6-13H2,1-5H3,(H,27,28)/t16-,18-,19-/m1/s1. The maximum Gasteiger partial charge on any atom is 0.306 e. The van der Waals surface area contributed by atoms with E-state index in [9.17, 15) is 15.0 Å². The van der Waals surface area contributed by atoms with Gasteiger partial charge >= 0.3 is 5.97 Å². The molecule has 1 heterocycles. The van der Waals surface area contributed by atoms with E-state index < -0.39 is 5.97 Å². The Morgan fingerprint density at radius 2 is 1.93 bits per heavy atom. The third kappa shape index (κ3) is 4.41. The zero-order chi connectivity index (χ0) is 21.4.